The van der Waals surface area contributed by atoms with Gasteiger partial charge in [0, 0.05) is 18.7 Å². The topological polar surface area (TPSA) is 90.0 Å². The van der Waals surface area contributed by atoms with Gasteiger partial charge in [-0.25, -0.2) is 13.2 Å². The van der Waals surface area contributed by atoms with Crippen molar-refractivity contribution in [3.63, 3.8) is 0 Å². The molecule has 0 N–H and O–H groups in total. The molecule has 1 aliphatic heterocycles. The fourth-order valence-electron chi connectivity index (χ4n) is 3.18. The van der Waals surface area contributed by atoms with E-state index in [0.717, 1.165) is 19.3 Å². The van der Waals surface area contributed by atoms with E-state index in [-0.39, 0.29) is 22.0 Å². The molecule has 1 fully saturated rings. The van der Waals surface area contributed by atoms with E-state index >= 15 is 0 Å². The first kappa shape index (κ1) is 21.0. The first-order valence-electron chi connectivity index (χ1n) is 9.37. The molecular weight excluding hydrogens is 394 g/mol. The number of esters is 1. The molecule has 0 aromatic heterocycles. The summed E-state index contributed by atoms with van der Waals surface area (Å²) in [5.74, 6) is -0.989. The van der Waals surface area contributed by atoms with Crippen LogP contribution in [0, 0.1) is 0 Å². The van der Waals surface area contributed by atoms with Gasteiger partial charge in [-0.15, -0.1) is 0 Å². The van der Waals surface area contributed by atoms with Crippen molar-refractivity contribution < 1.29 is 27.5 Å². The monoisotopic (exact) mass is 417 g/mol. The van der Waals surface area contributed by atoms with Crippen LogP contribution in [0.3, 0.4) is 0 Å². The van der Waals surface area contributed by atoms with E-state index in [1.165, 1.54) is 29.6 Å². The molecule has 3 rings (SSSR count). The quantitative estimate of drug-likeness (QED) is 0.508. The maximum absolute atomic E-state index is 12.9. The summed E-state index contributed by atoms with van der Waals surface area (Å²) in [5.41, 5.74) is 0.389. The van der Waals surface area contributed by atoms with E-state index in [2.05, 4.69) is 0 Å². The van der Waals surface area contributed by atoms with Crippen molar-refractivity contribution >= 4 is 21.8 Å². The third-order valence-electron chi connectivity index (χ3n) is 4.77. The zero-order valence-corrected chi connectivity index (χ0v) is 17.0. The summed E-state index contributed by atoms with van der Waals surface area (Å²) in [6.45, 7) is 0.467. The van der Waals surface area contributed by atoms with E-state index in [4.69, 9.17) is 9.47 Å². The summed E-state index contributed by atoms with van der Waals surface area (Å²) >= 11 is 0. The lowest BCUT2D eigenvalue weighted by atomic mass is 10.1. The molecule has 0 saturated carbocycles. The SMILES string of the molecule is COc1ccc(S(=O)(=O)N2CCCCC2)cc1C(=O)OCC(=O)c1ccccc1. The van der Waals surface area contributed by atoms with Gasteiger partial charge in [0.25, 0.3) is 0 Å². The van der Waals surface area contributed by atoms with Gasteiger partial charge in [0.05, 0.1) is 12.0 Å². The van der Waals surface area contributed by atoms with Crippen LogP contribution in [0.25, 0.3) is 0 Å². The van der Waals surface area contributed by atoms with E-state index < -0.39 is 22.6 Å². The summed E-state index contributed by atoms with van der Waals surface area (Å²) in [4.78, 5) is 24.7. The van der Waals surface area contributed by atoms with E-state index in [0.29, 0.717) is 18.7 Å². The molecule has 0 aliphatic carbocycles. The molecular formula is C21H23NO6S. The molecule has 2 aromatic rings. The van der Waals surface area contributed by atoms with Gasteiger partial charge < -0.3 is 9.47 Å². The molecule has 0 amide bonds. The van der Waals surface area contributed by atoms with Gasteiger partial charge in [0.15, 0.2) is 12.4 Å². The van der Waals surface area contributed by atoms with Crippen LogP contribution in [0.2, 0.25) is 0 Å². The smallest absolute Gasteiger partial charge is 0.342 e. The number of hydrogen-bond acceptors (Lipinski definition) is 6. The minimum absolute atomic E-state index is 0.00142. The van der Waals surface area contributed by atoms with Crippen molar-refractivity contribution in [1.29, 1.82) is 0 Å². The summed E-state index contributed by atoms with van der Waals surface area (Å²) in [6.07, 6.45) is 2.62. The second-order valence-corrected chi connectivity index (χ2v) is 8.63. The van der Waals surface area contributed by atoms with Gasteiger partial charge in [-0.3, -0.25) is 4.79 Å². The van der Waals surface area contributed by atoms with Gasteiger partial charge in [-0.2, -0.15) is 4.31 Å². The lowest BCUT2D eigenvalue weighted by Gasteiger charge is -2.26. The fraction of sp³-hybridized carbons (Fsp3) is 0.333. The van der Waals surface area contributed by atoms with Crippen molar-refractivity contribution in [3.05, 3.63) is 59.7 Å². The number of sulfonamides is 1. The third-order valence-corrected chi connectivity index (χ3v) is 6.67. The Kier molecular flexibility index (Phi) is 6.66. The van der Waals surface area contributed by atoms with Gasteiger partial charge in [0.1, 0.15) is 11.3 Å². The molecule has 0 unspecified atom stereocenters. The molecule has 1 saturated heterocycles. The van der Waals surface area contributed by atoms with Gasteiger partial charge in [-0.1, -0.05) is 36.8 Å². The molecule has 8 heteroatoms. The predicted octanol–water partition coefficient (Wildman–Crippen LogP) is 2.91. The van der Waals surface area contributed by atoms with Crippen molar-refractivity contribution in [1.82, 2.24) is 4.31 Å². The molecule has 0 atom stereocenters. The summed E-state index contributed by atoms with van der Waals surface area (Å²) in [7, 11) is -2.34. The summed E-state index contributed by atoms with van der Waals surface area (Å²) < 4.78 is 37.5. The highest BCUT2D eigenvalue weighted by Crippen LogP contribution is 2.27. The molecule has 7 nitrogen and oxygen atoms in total. The molecule has 0 spiro atoms. The predicted molar refractivity (Wildman–Crippen MR) is 107 cm³/mol. The second-order valence-electron chi connectivity index (χ2n) is 6.69. The Morgan fingerprint density at radius 3 is 2.34 bits per heavy atom. The third kappa shape index (κ3) is 4.83. The number of hydrogen-bond donors (Lipinski definition) is 0. The van der Waals surface area contributed by atoms with Gasteiger partial charge in [-0.05, 0) is 31.0 Å². The number of ketones is 1. The maximum Gasteiger partial charge on any atom is 0.342 e. The lowest BCUT2D eigenvalue weighted by Crippen LogP contribution is -2.35. The number of methoxy groups -OCH3 is 1. The summed E-state index contributed by atoms with van der Waals surface area (Å²) in [6, 6.07) is 12.5. The van der Waals surface area contributed by atoms with Crippen LogP contribution in [0.15, 0.2) is 53.4 Å². The Morgan fingerprint density at radius 2 is 1.69 bits per heavy atom. The number of piperidine rings is 1. The Bertz CT molecular complexity index is 981. The highest BCUT2D eigenvalue weighted by molar-refractivity contribution is 7.89. The highest BCUT2D eigenvalue weighted by Gasteiger charge is 2.28. The van der Waals surface area contributed by atoms with Crippen molar-refractivity contribution in [2.45, 2.75) is 24.2 Å². The normalized spacial score (nSPS) is 14.9. The van der Waals surface area contributed by atoms with Gasteiger partial charge in [0.2, 0.25) is 10.0 Å². The van der Waals surface area contributed by atoms with Crippen LogP contribution in [0.1, 0.15) is 40.0 Å². The molecule has 1 heterocycles. The fourth-order valence-corrected chi connectivity index (χ4v) is 4.72. The number of benzene rings is 2. The maximum atomic E-state index is 12.9. The molecule has 1 aliphatic rings. The van der Waals surface area contributed by atoms with Crippen LogP contribution in [-0.2, 0) is 14.8 Å². The summed E-state index contributed by atoms with van der Waals surface area (Å²) in [5, 5.41) is 0. The van der Waals surface area contributed by atoms with Crippen LogP contribution in [0.4, 0.5) is 0 Å². The molecule has 2 aromatic carbocycles. The van der Waals surface area contributed by atoms with Crippen LogP contribution in [0.5, 0.6) is 5.75 Å². The molecule has 0 radical (unpaired) electrons. The Morgan fingerprint density at radius 1 is 1.00 bits per heavy atom. The average Bonchev–Trinajstić information content (AvgIpc) is 2.77. The Hall–Kier alpha value is -2.71. The number of nitrogens with zero attached hydrogens (tertiary/aromatic N) is 1. The van der Waals surface area contributed by atoms with Crippen molar-refractivity contribution in [2.24, 2.45) is 0 Å². The first-order chi connectivity index (χ1) is 13.9. The van der Waals surface area contributed by atoms with E-state index in [1.807, 2.05) is 0 Å². The highest BCUT2D eigenvalue weighted by atomic mass is 32.2. The molecule has 29 heavy (non-hydrogen) atoms. The average molecular weight is 417 g/mol. The second kappa shape index (κ2) is 9.19. The van der Waals surface area contributed by atoms with E-state index in [1.54, 1.807) is 30.3 Å². The van der Waals surface area contributed by atoms with Crippen LogP contribution in [-0.4, -0.2) is 51.3 Å². The number of carbonyl (C=O) groups excluding carboxylic acids is 2. The number of ether oxygens (including phenoxy) is 2. The Labute approximate surface area is 170 Å². The van der Waals surface area contributed by atoms with Crippen molar-refractivity contribution in [3.8, 4) is 5.75 Å². The molecule has 0 bridgehead atoms. The zero-order valence-electron chi connectivity index (χ0n) is 16.2. The number of carbonyl (C=O) groups is 2. The van der Waals surface area contributed by atoms with Gasteiger partial charge >= 0.3 is 5.97 Å². The first-order valence-corrected chi connectivity index (χ1v) is 10.8. The zero-order chi connectivity index (χ0) is 20.9. The van der Waals surface area contributed by atoms with Crippen LogP contribution >= 0.6 is 0 Å². The van der Waals surface area contributed by atoms with E-state index in [9.17, 15) is 18.0 Å². The number of rotatable bonds is 7. The standard InChI is InChI=1S/C21H23NO6S/c1-27-20-11-10-17(29(25,26)22-12-6-3-7-13-22)14-18(20)21(24)28-15-19(23)16-8-4-2-5-9-16/h2,4-5,8-11,14H,3,6-7,12-13,15H2,1H3. The van der Waals surface area contributed by atoms with Crippen LogP contribution < -0.4 is 4.74 Å². The molecule has 154 valence electrons. The Balaban J connectivity index is 1.79. The largest absolute Gasteiger partial charge is 0.496 e. The minimum Gasteiger partial charge on any atom is -0.496 e. The lowest BCUT2D eigenvalue weighted by molar-refractivity contribution is 0.0471. The minimum atomic E-state index is -3.71. The van der Waals surface area contributed by atoms with Crippen molar-refractivity contribution in [2.75, 3.05) is 26.8 Å². The number of Topliss-reactive ketones (excluding diaryl/α,β-unsaturated/α-hetero) is 1.